The summed E-state index contributed by atoms with van der Waals surface area (Å²) in [6.45, 7) is 0. The molecular weight excluding hydrogens is 206 g/mol. The molecule has 0 bridgehead atoms. The fourth-order valence-electron chi connectivity index (χ4n) is 2.79. The molecular formula is C12H15NOS. The van der Waals surface area contributed by atoms with Crippen molar-refractivity contribution >= 4 is 17.2 Å². The molecule has 1 aromatic rings. The zero-order valence-corrected chi connectivity index (χ0v) is 9.48. The van der Waals surface area contributed by atoms with Gasteiger partial charge in [0.1, 0.15) is 0 Å². The second-order valence-electron chi connectivity index (χ2n) is 4.79. The summed E-state index contributed by atoms with van der Waals surface area (Å²) >= 11 is 1.58. The van der Waals surface area contributed by atoms with E-state index in [-0.39, 0.29) is 5.91 Å². The summed E-state index contributed by atoms with van der Waals surface area (Å²) in [5, 5.41) is 7.05. The van der Waals surface area contributed by atoms with Gasteiger partial charge < -0.3 is 5.32 Å². The first-order valence-corrected chi connectivity index (χ1v) is 6.58. The van der Waals surface area contributed by atoms with Crippen LogP contribution < -0.4 is 5.32 Å². The maximum Gasteiger partial charge on any atom is 0.252 e. The lowest BCUT2D eigenvalue weighted by Gasteiger charge is -2.56. The van der Waals surface area contributed by atoms with E-state index >= 15 is 0 Å². The number of nitrogens with one attached hydrogen (secondary N) is 1. The van der Waals surface area contributed by atoms with Crippen molar-refractivity contribution in [1.82, 2.24) is 5.32 Å². The van der Waals surface area contributed by atoms with Gasteiger partial charge in [0.25, 0.3) is 5.91 Å². The number of hydrogen-bond acceptors (Lipinski definition) is 2. The second-order valence-corrected chi connectivity index (χ2v) is 5.57. The number of carbonyl (C=O) groups excluding carboxylic acids is 1. The number of carbonyl (C=O) groups is 1. The maximum atomic E-state index is 11.8. The third-order valence-corrected chi connectivity index (χ3v) is 4.79. The highest BCUT2D eigenvalue weighted by Gasteiger charge is 2.51. The molecule has 3 rings (SSSR count). The van der Waals surface area contributed by atoms with Crippen LogP contribution in [0.2, 0.25) is 0 Å². The molecule has 2 fully saturated rings. The minimum Gasteiger partial charge on any atom is -0.349 e. The molecule has 1 spiro atoms. The molecule has 2 aliphatic rings. The highest BCUT2D eigenvalue weighted by Crippen LogP contribution is 2.55. The minimum absolute atomic E-state index is 0.118. The van der Waals surface area contributed by atoms with Gasteiger partial charge in [0.15, 0.2) is 0 Å². The molecule has 0 aliphatic heterocycles. The van der Waals surface area contributed by atoms with E-state index in [0.717, 1.165) is 5.56 Å². The van der Waals surface area contributed by atoms with Crippen molar-refractivity contribution in [1.29, 1.82) is 0 Å². The highest BCUT2D eigenvalue weighted by molar-refractivity contribution is 7.08. The largest absolute Gasteiger partial charge is 0.349 e. The van der Waals surface area contributed by atoms with Gasteiger partial charge in [0.05, 0.1) is 0 Å². The molecule has 0 aromatic carbocycles. The van der Waals surface area contributed by atoms with Crippen LogP contribution in [0.3, 0.4) is 0 Å². The molecule has 3 heteroatoms. The lowest BCUT2D eigenvalue weighted by molar-refractivity contribution is -0.0147. The van der Waals surface area contributed by atoms with Gasteiger partial charge in [-0.2, -0.15) is 11.3 Å². The SMILES string of the molecule is O=C(NC1CCC12CCC2)c1ccsc1. The molecule has 0 saturated heterocycles. The van der Waals surface area contributed by atoms with Gasteiger partial charge in [0, 0.05) is 17.0 Å². The molecule has 1 amide bonds. The summed E-state index contributed by atoms with van der Waals surface area (Å²) in [5.41, 5.74) is 1.33. The van der Waals surface area contributed by atoms with Crippen molar-refractivity contribution in [2.75, 3.05) is 0 Å². The fraction of sp³-hybridized carbons (Fsp3) is 0.583. The van der Waals surface area contributed by atoms with E-state index in [1.54, 1.807) is 11.3 Å². The third-order valence-electron chi connectivity index (χ3n) is 4.11. The molecule has 1 aromatic heterocycles. The van der Waals surface area contributed by atoms with Crippen LogP contribution in [0.5, 0.6) is 0 Å². The lowest BCUT2D eigenvalue weighted by atomic mass is 9.53. The zero-order chi connectivity index (χ0) is 10.3. The summed E-state index contributed by atoms with van der Waals surface area (Å²) in [6.07, 6.45) is 6.49. The van der Waals surface area contributed by atoms with Gasteiger partial charge in [-0.05, 0) is 42.5 Å². The van der Waals surface area contributed by atoms with Crippen molar-refractivity contribution in [2.45, 2.75) is 38.1 Å². The molecule has 1 N–H and O–H groups in total. The molecule has 15 heavy (non-hydrogen) atoms. The van der Waals surface area contributed by atoms with Crippen LogP contribution in [0.25, 0.3) is 0 Å². The van der Waals surface area contributed by atoms with Crippen molar-refractivity contribution in [3.63, 3.8) is 0 Å². The molecule has 1 atom stereocenters. The van der Waals surface area contributed by atoms with E-state index < -0.39 is 0 Å². The molecule has 2 saturated carbocycles. The zero-order valence-electron chi connectivity index (χ0n) is 8.66. The van der Waals surface area contributed by atoms with Crippen molar-refractivity contribution in [2.24, 2.45) is 5.41 Å². The molecule has 0 radical (unpaired) electrons. The van der Waals surface area contributed by atoms with E-state index in [0.29, 0.717) is 11.5 Å². The fourth-order valence-corrected chi connectivity index (χ4v) is 3.42. The van der Waals surface area contributed by atoms with Gasteiger partial charge >= 0.3 is 0 Å². The van der Waals surface area contributed by atoms with Gasteiger partial charge in [-0.15, -0.1) is 0 Å². The number of thiophene rings is 1. The Morgan fingerprint density at radius 1 is 1.47 bits per heavy atom. The van der Waals surface area contributed by atoms with E-state index in [2.05, 4.69) is 5.32 Å². The summed E-state index contributed by atoms with van der Waals surface area (Å²) in [6, 6.07) is 2.35. The van der Waals surface area contributed by atoms with Gasteiger partial charge in [-0.3, -0.25) is 4.79 Å². The predicted octanol–water partition coefficient (Wildman–Crippen LogP) is 2.81. The van der Waals surface area contributed by atoms with Gasteiger partial charge in [0.2, 0.25) is 0 Å². The van der Waals surface area contributed by atoms with Crippen molar-refractivity contribution in [3.05, 3.63) is 22.4 Å². The van der Waals surface area contributed by atoms with Crippen LogP contribution in [0, 0.1) is 5.41 Å². The Morgan fingerprint density at radius 2 is 2.33 bits per heavy atom. The average Bonchev–Trinajstić information content (AvgIpc) is 2.62. The standard InChI is InChI=1S/C12H15NOS/c14-11(9-3-7-15-8-9)13-10-2-6-12(10)4-1-5-12/h3,7-8,10H,1-2,4-6H2,(H,13,14). The Kier molecular flexibility index (Phi) is 2.09. The van der Waals surface area contributed by atoms with Crippen molar-refractivity contribution in [3.8, 4) is 0 Å². The van der Waals surface area contributed by atoms with Gasteiger partial charge in [-0.25, -0.2) is 0 Å². The Labute approximate surface area is 93.7 Å². The average molecular weight is 221 g/mol. The minimum atomic E-state index is 0.118. The van der Waals surface area contributed by atoms with Crippen LogP contribution in [-0.4, -0.2) is 11.9 Å². The number of hydrogen-bond donors (Lipinski definition) is 1. The van der Waals surface area contributed by atoms with Crippen molar-refractivity contribution < 1.29 is 4.79 Å². The second kappa shape index (κ2) is 3.34. The summed E-state index contributed by atoms with van der Waals surface area (Å²) in [7, 11) is 0. The van der Waals surface area contributed by atoms with E-state index in [1.807, 2.05) is 16.8 Å². The Hall–Kier alpha value is -0.830. The van der Waals surface area contributed by atoms with E-state index in [9.17, 15) is 4.79 Å². The summed E-state index contributed by atoms with van der Waals surface area (Å²) in [4.78, 5) is 11.8. The van der Waals surface area contributed by atoms with E-state index in [4.69, 9.17) is 0 Å². The van der Waals surface area contributed by atoms with Crippen LogP contribution in [-0.2, 0) is 0 Å². The quantitative estimate of drug-likeness (QED) is 0.817. The molecule has 2 nitrogen and oxygen atoms in total. The normalized spacial score (nSPS) is 26.8. The number of rotatable bonds is 2. The lowest BCUT2D eigenvalue weighted by Crippen LogP contribution is -2.58. The van der Waals surface area contributed by atoms with E-state index in [1.165, 1.54) is 32.1 Å². The van der Waals surface area contributed by atoms with Crippen LogP contribution in [0.15, 0.2) is 16.8 Å². The van der Waals surface area contributed by atoms with Crippen LogP contribution in [0.1, 0.15) is 42.5 Å². The first-order valence-electron chi connectivity index (χ1n) is 5.63. The predicted molar refractivity (Wildman–Crippen MR) is 61.1 cm³/mol. The van der Waals surface area contributed by atoms with Gasteiger partial charge in [-0.1, -0.05) is 6.42 Å². The summed E-state index contributed by atoms with van der Waals surface area (Å²) in [5.74, 6) is 0.118. The van der Waals surface area contributed by atoms with Crippen LogP contribution >= 0.6 is 11.3 Å². The third kappa shape index (κ3) is 1.41. The summed E-state index contributed by atoms with van der Waals surface area (Å²) < 4.78 is 0. The Morgan fingerprint density at radius 3 is 2.80 bits per heavy atom. The maximum absolute atomic E-state index is 11.8. The topological polar surface area (TPSA) is 29.1 Å². The van der Waals surface area contributed by atoms with Crippen LogP contribution in [0.4, 0.5) is 0 Å². The highest BCUT2D eigenvalue weighted by atomic mass is 32.1. The first kappa shape index (κ1) is 9.40. The molecule has 1 heterocycles. The Bertz CT molecular complexity index is 361. The molecule has 80 valence electrons. The first-order chi connectivity index (χ1) is 7.30. The molecule has 2 aliphatic carbocycles. The Balaban J connectivity index is 1.64. The smallest absolute Gasteiger partial charge is 0.252 e. The monoisotopic (exact) mass is 221 g/mol. The number of amides is 1. The molecule has 1 unspecified atom stereocenters.